The molecular formula is C18H17FN2O4. The van der Waals surface area contributed by atoms with Gasteiger partial charge in [-0.25, -0.2) is 9.18 Å². The van der Waals surface area contributed by atoms with Crippen molar-refractivity contribution in [1.29, 1.82) is 0 Å². The van der Waals surface area contributed by atoms with Crippen LogP contribution in [0, 0.1) is 5.82 Å². The van der Waals surface area contributed by atoms with Gasteiger partial charge >= 0.3 is 5.97 Å². The molecule has 0 fully saturated rings. The molecule has 25 heavy (non-hydrogen) atoms. The fourth-order valence-electron chi connectivity index (χ4n) is 1.99. The molecule has 0 saturated heterocycles. The van der Waals surface area contributed by atoms with E-state index < -0.39 is 24.3 Å². The molecule has 6 nitrogen and oxygen atoms in total. The lowest BCUT2D eigenvalue weighted by molar-refractivity contribution is -0.119. The van der Waals surface area contributed by atoms with E-state index in [-0.39, 0.29) is 11.5 Å². The maximum absolute atomic E-state index is 13.4. The highest BCUT2D eigenvalue weighted by atomic mass is 19.1. The van der Waals surface area contributed by atoms with E-state index >= 15 is 0 Å². The van der Waals surface area contributed by atoms with Gasteiger partial charge in [-0.3, -0.25) is 9.59 Å². The molecule has 7 heteroatoms. The zero-order valence-electron chi connectivity index (χ0n) is 13.8. The van der Waals surface area contributed by atoms with Crippen molar-refractivity contribution in [3.63, 3.8) is 0 Å². The minimum absolute atomic E-state index is 0.156. The highest BCUT2D eigenvalue weighted by molar-refractivity contribution is 5.97. The highest BCUT2D eigenvalue weighted by Crippen LogP contribution is 2.11. The average molecular weight is 344 g/mol. The van der Waals surface area contributed by atoms with E-state index in [4.69, 9.17) is 4.74 Å². The van der Waals surface area contributed by atoms with E-state index in [1.807, 2.05) is 0 Å². The van der Waals surface area contributed by atoms with Crippen LogP contribution in [0.5, 0.6) is 0 Å². The van der Waals surface area contributed by atoms with Gasteiger partial charge in [-0.1, -0.05) is 12.1 Å². The van der Waals surface area contributed by atoms with Crippen molar-refractivity contribution in [3.05, 3.63) is 65.5 Å². The smallest absolute Gasteiger partial charge is 0.341 e. The summed E-state index contributed by atoms with van der Waals surface area (Å²) in [6.07, 6.45) is 0. The Morgan fingerprint density at radius 1 is 1.04 bits per heavy atom. The van der Waals surface area contributed by atoms with Crippen LogP contribution in [0.2, 0.25) is 0 Å². The monoisotopic (exact) mass is 344 g/mol. The average Bonchev–Trinajstić information content (AvgIpc) is 2.60. The van der Waals surface area contributed by atoms with Gasteiger partial charge in [0.2, 0.25) is 0 Å². The first-order valence-electron chi connectivity index (χ1n) is 7.41. The summed E-state index contributed by atoms with van der Waals surface area (Å²) in [5, 5.41) is 2.52. The molecule has 0 unspecified atom stereocenters. The van der Waals surface area contributed by atoms with E-state index in [2.05, 4.69) is 5.32 Å². The second kappa shape index (κ2) is 8.05. The van der Waals surface area contributed by atoms with E-state index in [9.17, 15) is 18.8 Å². The highest BCUT2D eigenvalue weighted by Gasteiger charge is 2.14. The standard InChI is InChI=1S/C18H17FN2O4/c1-21(2)17(23)12-7-9-13(10-8-12)20-16(22)11-25-18(24)14-5-3-4-6-15(14)19/h3-10H,11H2,1-2H3,(H,20,22). The normalized spacial score (nSPS) is 10.0. The summed E-state index contributed by atoms with van der Waals surface area (Å²) in [4.78, 5) is 36.7. The molecule has 2 aromatic rings. The summed E-state index contributed by atoms with van der Waals surface area (Å²) in [6.45, 7) is -0.550. The quantitative estimate of drug-likeness (QED) is 0.845. The number of rotatable bonds is 5. The van der Waals surface area contributed by atoms with Crippen molar-refractivity contribution in [2.45, 2.75) is 0 Å². The van der Waals surface area contributed by atoms with Crippen molar-refractivity contribution in [1.82, 2.24) is 4.90 Å². The number of amides is 2. The Balaban J connectivity index is 1.89. The molecule has 0 heterocycles. The third kappa shape index (κ3) is 4.87. The first kappa shape index (κ1) is 18.1. The van der Waals surface area contributed by atoms with Crippen LogP contribution in [0.1, 0.15) is 20.7 Å². The number of nitrogens with one attached hydrogen (secondary N) is 1. The number of halogens is 1. The molecule has 0 saturated carbocycles. The van der Waals surface area contributed by atoms with Crippen LogP contribution < -0.4 is 5.32 Å². The SMILES string of the molecule is CN(C)C(=O)c1ccc(NC(=O)COC(=O)c2ccccc2F)cc1. The summed E-state index contributed by atoms with van der Waals surface area (Å²) in [6, 6.07) is 11.6. The maximum Gasteiger partial charge on any atom is 0.341 e. The molecule has 1 N–H and O–H groups in total. The van der Waals surface area contributed by atoms with Crippen LogP contribution in [0.4, 0.5) is 10.1 Å². The minimum atomic E-state index is -0.917. The molecule has 0 aliphatic carbocycles. The molecule has 0 bridgehead atoms. The van der Waals surface area contributed by atoms with E-state index in [0.29, 0.717) is 11.3 Å². The fourth-order valence-corrected chi connectivity index (χ4v) is 1.99. The first-order valence-corrected chi connectivity index (χ1v) is 7.41. The molecule has 0 aromatic heterocycles. The van der Waals surface area contributed by atoms with Gasteiger partial charge in [0, 0.05) is 25.3 Å². The Morgan fingerprint density at radius 3 is 2.28 bits per heavy atom. The Morgan fingerprint density at radius 2 is 1.68 bits per heavy atom. The summed E-state index contributed by atoms with van der Waals surface area (Å²) >= 11 is 0. The number of esters is 1. The van der Waals surface area contributed by atoms with Gasteiger partial charge in [-0.15, -0.1) is 0 Å². The number of ether oxygens (including phenoxy) is 1. The fraction of sp³-hybridized carbons (Fsp3) is 0.167. The Kier molecular flexibility index (Phi) is 5.84. The van der Waals surface area contributed by atoms with Gasteiger partial charge in [-0.2, -0.15) is 0 Å². The lowest BCUT2D eigenvalue weighted by Crippen LogP contribution is -2.22. The number of carbonyl (C=O) groups excluding carboxylic acids is 3. The molecular weight excluding hydrogens is 327 g/mol. The third-order valence-corrected chi connectivity index (χ3v) is 3.25. The van der Waals surface area contributed by atoms with Crippen LogP contribution >= 0.6 is 0 Å². The third-order valence-electron chi connectivity index (χ3n) is 3.25. The predicted molar refractivity (Wildman–Crippen MR) is 89.8 cm³/mol. The summed E-state index contributed by atoms with van der Waals surface area (Å²) in [5.41, 5.74) is 0.693. The predicted octanol–water partition coefficient (Wildman–Crippen LogP) is 2.32. The van der Waals surface area contributed by atoms with Gasteiger partial charge in [0.05, 0.1) is 5.56 Å². The molecule has 0 spiro atoms. The van der Waals surface area contributed by atoms with Crippen molar-refractivity contribution < 1.29 is 23.5 Å². The van der Waals surface area contributed by atoms with E-state index in [0.717, 1.165) is 6.07 Å². The van der Waals surface area contributed by atoms with Crippen LogP contribution in [0.3, 0.4) is 0 Å². The van der Waals surface area contributed by atoms with Crippen molar-refractivity contribution in [2.75, 3.05) is 26.0 Å². The van der Waals surface area contributed by atoms with Gasteiger partial charge in [0.15, 0.2) is 6.61 Å². The molecule has 2 aromatic carbocycles. The number of anilines is 1. The van der Waals surface area contributed by atoms with Crippen LogP contribution in [0.25, 0.3) is 0 Å². The molecule has 0 atom stereocenters. The number of nitrogens with zero attached hydrogens (tertiary/aromatic N) is 1. The van der Waals surface area contributed by atoms with Gasteiger partial charge in [0.25, 0.3) is 11.8 Å². The Labute approximate surface area is 144 Å². The van der Waals surface area contributed by atoms with E-state index in [1.54, 1.807) is 38.4 Å². The summed E-state index contributed by atoms with van der Waals surface area (Å²) in [7, 11) is 3.28. The maximum atomic E-state index is 13.4. The summed E-state index contributed by atoms with van der Waals surface area (Å²) < 4.78 is 18.2. The number of hydrogen-bond donors (Lipinski definition) is 1. The largest absolute Gasteiger partial charge is 0.452 e. The second-order valence-corrected chi connectivity index (χ2v) is 5.38. The lowest BCUT2D eigenvalue weighted by Gasteiger charge is -2.11. The molecule has 2 amide bonds. The number of hydrogen-bond acceptors (Lipinski definition) is 4. The molecule has 130 valence electrons. The lowest BCUT2D eigenvalue weighted by atomic mass is 10.2. The zero-order chi connectivity index (χ0) is 18.4. The number of benzene rings is 2. The molecule has 0 aliphatic heterocycles. The second-order valence-electron chi connectivity index (χ2n) is 5.38. The minimum Gasteiger partial charge on any atom is -0.452 e. The van der Waals surface area contributed by atoms with Crippen molar-refractivity contribution >= 4 is 23.5 Å². The van der Waals surface area contributed by atoms with Crippen LogP contribution in [0.15, 0.2) is 48.5 Å². The topological polar surface area (TPSA) is 75.7 Å². The van der Waals surface area contributed by atoms with Gasteiger partial charge in [-0.05, 0) is 36.4 Å². The van der Waals surface area contributed by atoms with Crippen LogP contribution in [-0.2, 0) is 9.53 Å². The van der Waals surface area contributed by atoms with Crippen LogP contribution in [-0.4, -0.2) is 43.4 Å². The van der Waals surface area contributed by atoms with E-state index in [1.165, 1.54) is 23.1 Å². The summed E-state index contributed by atoms with van der Waals surface area (Å²) in [5.74, 6) is -2.36. The Hall–Kier alpha value is -3.22. The molecule has 0 aliphatic rings. The Bertz CT molecular complexity index is 788. The van der Waals surface area contributed by atoms with Crippen molar-refractivity contribution in [3.8, 4) is 0 Å². The van der Waals surface area contributed by atoms with Gasteiger partial charge in [0.1, 0.15) is 5.82 Å². The zero-order valence-corrected chi connectivity index (χ0v) is 13.8. The number of carbonyl (C=O) groups is 3. The first-order chi connectivity index (χ1) is 11.9. The van der Waals surface area contributed by atoms with Gasteiger partial charge < -0.3 is 15.0 Å². The molecule has 2 rings (SSSR count). The molecule has 0 radical (unpaired) electrons. The van der Waals surface area contributed by atoms with Crippen molar-refractivity contribution in [2.24, 2.45) is 0 Å².